The Morgan fingerprint density at radius 2 is 1.63 bits per heavy atom. The van der Waals surface area contributed by atoms with Crippen molar-refractivity contribution < 1.29 is 18.3 Å². The number of hydrogen-bond donors (Lipinski definition) is 1. The van der Waals surface area contributed by atoms with Gasteiger partial charge in [0.2, 0.25) is 5.91 Å². The molecule has 1 aromatic heterocycles. The molecule has 1 N–H and O–H groups in total. The first-order valence-electron chi connectivity index (χ1n) is 9.38. The molecule has 0 aliphatic heterocycles. The fourth-order valence-corrected chi connectivity index (χ4v) is 3.65. The highest BCUT2D eigenvalue weighted by molar-refractivity contribution is 7.99. The zero-order valence-corrected chi connectivity index (χ0v) is 17.6. The lowest BCUT2D eigenvalue weighted by Crippen LogP contribution is -2.16. The summed E-state index contributed by atoms with van der Waals surface area (Å²) >= 11 is 1.25. The number of benzene rings is 2. The van der Waals surface area contributed by atoms with Gasteiger partial charge in [0.1, 0.15) is 17.4 Å². The number of rotatable bonds is 8. The molecular formula is C21H22F2N4O2S. The van der Waals surface area contributed by atoms with Crippen LogP contribution in [0.4, 0.5) is 14.5 Å². The van der Waals surface area contributed by atoms with Gasteiger partial charge < -0.3 is 14.6 Å². The molecule has 0 saturated carbocycles. The van der Waals surface area contributed by atoms with Gasteiger partial charge in [0.15, 0.2) is 17.1 Å². The number of nitrogens with one attached hydrogen (secondary N) is 1. The number of aromatic nitrogens is 3. The van der Waals surface area contributed by atoms with Crippen molar-refractivity contribution in [2.45, 2.75) is 38.1 Å². The second-order valence-corrected chi connectivity index (χ2v) is 7.80. The van der Waals surface area contributed by atoms with Crippen LogP contribution in [0.25, 0.3) is 0 Å². The van der Waals surface area contributed by atoms with Gasteiger partial charge in [-0.1, -0.05) is 11.8 Å². The van der Waals surface area contributed by atoms with Crippen molar-refractivity contribution in [2.75, 3.05) is 11.1 Å². The minimum Gasteiger partial charge on any atom is -0.483 e. The summed E-state index contributed by atoms with van der Waals surface area (Å²) in [6, 6.07) is 11.4. The smallest absolute Gasteiger partial charge is 0.234 e. The molecule has 0 aliphatic carbocycles. The van der Waals surface area contributed by atoms with Gasteiger partial charge in [0, 0.05) is 11.7 Å². The van der Waals surface area contributed by atoms with Crippen LogP contribution in [0.2, 0.25) is 0 Å². The Morgan fingerprint density at radius 1 is 1.03 bits per heavy atom. The Labute approximate surface area is 177 Å². The van der Waals surface area contributed by atoms with Crippen molar-refractivity contribution in [1.29, 1.82) is 0 Å². The molecule has 1 unspecified atom stereocenters. The van der Waals surface area contributed by atoms with E-state index in [1.54, 1.807) is 12.1 Å². The van der Waals surface area contributed by atoms with E-state index in [1.165, 1.54) is 48.2 Å². The van der Waals surface area contributed by atoms with Crippen molar-refractivity contribution in [3.05, 3.63) is 66.0 Å². The van der Waals surface area contributed by atoms with Gasteiger partial charge in [-0.2, -0.15) is 0 Å². The summed E-state index contributed by atoms with van der Waals surface area (Å²) in [5.41, 5.74) is 0.523. The van der Waals surface area contributed by atoms with Crippen LogP contribution in [-0.2, 0) is 4.79 Å². The van der Waals surface area contributed by atoms with Gasteiger partial charge >= 0.3 is 0 Å². The number of carbonyl (C=O) groups is 1. The molecule has 2 aromatic carbocycles. The van der Waals surface area contributed by atoms with Crippen molar-refractivity contribution in [1.82, 2.24) is 14.8 Å². The van der Waals surface area contributed by atoms with E-state index in [0.717, 1.165) is 0 Å². The number of carbonyl (C=O) groups excluding carboxylic acids is 1. The van der Waals surface area contributed by atoms with E-state index in [0.29, 0.717) is 22.4 Å². The molecule has 1 amide bonds. The second-order valence-electron chi connectivity index (χ2n) is 6.86. The van der Waals surface area contributed by atoms with Crippen LogP contribution < -0.4 is 10.1 Å². The minimum atomic E-state index is -0.423. The van der Waals surface area contributed by atoms with Crippen LogP contribution in [-0.4, -0.2) is 26.4 Å². The van der Waals surface area contributed by atoms with E-state index in [-0.39, 0.29) is 29.3 Å². The topological polar surface area (TPSA) is 69.0 Å². The van der Waals surface area contributed by atoms with Crippen LogP contribution >= 0.6 is 11.8 Å². The fraction of sp³-hybridized carbons (Fsp3) is 0.286. The zero-order chi connectivity index (χ0) is 21.7. The minimum absolute atomic E-state index is 0.0388. The first-order valence-corrected chi connectivity index (χ1v) is 10.4. The third-order valence-electron chi connectivity index (χ3n) is 4.16. The van der Waals surface area contributed by atoms with Crippen LogP contribution in [0.3, 0.4) is 0 Å². The van der Waals surface area contributed by atoms with E-state index < -0.39 is 6.10 Å². The van der Waals surface area contributed by atoms with Gasteiger partial charge in [0.05, 0.1) is 5.75 Å². The van der Waals surface area contributed by atoms with Crippen molar-refractivity contribution in [3.63, 3.8) is 0 Å². The number of anilines is 1. The Morgan fingerprint density at radius 3 is 2.23 bits per heavy atom. The Kier molecular flexibility index (Phi) is 7.04. The lowest BCUT2D eigenvalue weighted by atomic mass is 10.3. The quantitative estimate of drug-likeness (QED) is 0.507. The summed E-state index contributed by atoms with van der Waals surface area (Å²) in [5.74, 6) is 0.317. The van der Waals surface area contributed by atoms with Gasteiger partial charge in [0.25, 0.3) is 0 Å². The second kappa shape index (κ2) is 9.71. The third-order valence-corrected chi connectivity index (χ3v) is 5.10. The molecule has 1 atom stereocenters. The number of hydrogen-bond acceptors (Lipinski definition) is 5. The van der Waals surface area contributed by atoms with Crippen molar-refractivity contribution in [3.8, 4) is 5.75 Å². The Balaban J connectivity index is 1.66. The maximum Gasteiger partial charge on any atom is 0.234 e. The normalized spacial score (nSPS) is 12.1. The van der Waals surface area contributed by atoms with E-state index in [4.69, 9.17) is 4.74 Å². The maximum absolute atomic E-state index is 13.1. The molecule has 0 bridgehead atoms. The predicted molar refractivity (Wildman–Crippen MR) is 112 cm³/mol. The Hall–Kier alpha value is -2.94. The molecule has 158 valence electrons. The number of amides is 1. The van der Waals surface area contributed by atoms with E-state index in [1.807, 2.05) is 25.3 Å². The highest BCUT2D eigenvalue weighted by Crippen LogP contribution is 2.27. The first-order chi connectivity index (χ1) is 14.3. The summed E-state index contributed by atoms with van der Waals surface area (Å²) in [6.45, 7) is 5.81. The van der Waals surface area contributed by atoms with Gasteiger partial charge in [-0.25, -0.2) is 8.78 Å². The number of halogens is 2. The highest BCUT2D eigenvalue weighted by atomic mass is 32.2. The monoisotopic (exact) mass is 432 g/mol. The summed E-state index contributed by atoms with van der Waals surface area (Å²) in [5, 5.41) is 11.8. The molecule has 0 fully saturated rings. The molecule has 1 heterocycles. The highest BCUT2D eigenvalue weighted by Gasteiger charge is 2.22. The number of thioether (sulfide) groups is 1. The molecule has 30 heavy (non-hydrogen) atoms. The van der Waals surface area contributed by atoms with Crippen LogP contribution in [0, 0.1) is 11.6 Å². The van der Waals surface area contributed by atoms with Crippen LogP contribution in [0.1, 0.15) is 38.7 Å². The molecular weight excluding hydrogens is 410 g/mol. The largest absolute Gasteiger partial charge is 0.483 e. The maximum atomic E-state index is 13.1. The predicted octanol–water partition coefficient (Wildman–Crippen LogP) is 5.01. The van der Waals surface area contributed by atoms with Gasteiger partial charge in [-0.15, -0.1) is 10.2 Å². The molecule has 0 spiro atoms. The number of nitrogens with zero attached hydrogens (tertiary/aromatic N) is 3. The van der Waals surface area contributed by atoms with Crippen molar-refractivity contribution >= 4 is 23.4 Å². The summed E-state index contributed by atoms with van der Waals surface area (Å²) in [7, 11) is 0. The van der Waals surface area contributed by atoms with Gasteiger partial charge in [-0.05, 0) is 69.3 Å². The van der Waals surface area contributed by atoms with E-state index in [2.05, 4.69) is 15.5 Å². The van der Waals surface area contributed by atoms with Crippen LogP contribution in [0.5, 0.6) is 5.75 Å². The molecule has 3 rings (SSSR count). The van der Waals surface area contributed by atoms with Gasteiger partial charge in [-0.3, -0.25) is 4.79 Å². The third kappa shape index (κ3) is 5.56. The van der Waals surface area contributed by atoms with Crippen LogP contribution in [0.15, 0.2) is 53.7 Å². The fourth-order valence-electron chi connectivity index (χ4n) is 2.78. The average molecular weight is 432 g/mol. The summed E-state index contributed by atoms with van der Waals surface area (Å²) in [4.78, 5) is 12.2. The molecule has 9 heteroatoms. The van der Waals surface area contributed by atoms with E-state index >= 15 is 0 Å². The molecule has 3 aromatic rings. The summed E-state index contributed by atoms with van der Waals surface area (Å²) in [6.07, 6.45) is -0.423. The molecule has 6 nitrogen and oxygen atoms in total. The molecule has 0 radical (unpaired) electrons. The average Bonchev–Trinajstić information content (AvgIpc) is 3.14. The molecule has 0 saturated heterocycles. The Bertz CT molecular complexity index is 991. The lowest BCUT2D eigenvalue weighted by molar-refractivity contribution is -0.113. The van der Waals surface area contributed by atoms with E-state index in [9.17, 15) is 13.6 Å². The summed E-state index contributed by atoms with van der Waals surface area (Å²) < 4.78 is 33.8. The van der Waals surface area contributed by atoms with Crippen molar-refractivity contribution in [2.24, 2.45) is 0 Å². The number of ether oxygens (including phenoxy) is 1. The zero-order valence-electron chi connectivity index (χ0n) is 16.8. The standard InChI is InChI=1S/C21H22F2N4O2S/c1-13(2)27-20(14(3)29-18-10-6-16(23)7-11-18)25-26-21(27)30-12-19(28)24-17-8-4-15(22)5-9-17/h4-11,13-14H,12H2,1-3H3,(H,24,28). The lowest BCUT2D eigenvalue weighted by Gasteiger charge is -2.18. The SMILES string of the molecule is CC(Oc1ccc(F)cc1)c1nnc(SCC(=O)Nc2ccc(F)cc2)n1C(C)C. The first kappa shape index (κ1) is 21.8. The molecule has 0 aliphatic rings.